The van der Waals surface area contributed by atoms with E-state index in [4.69, 9.17) is 10.00 Å². The average Bonchev–Trinajstić information content (AvgIpc) is 1.84. The second-order valence-corrected chi connectivity index (χ2v) is 2.64. The molecule has 1 fully saturated rings. The van der Waals surface area contributed by atoms with Gasteiger partial charge in [0.1, 0.15) is 0 Å². The van der Waals surface area contributed by atoms with E-state index in [0.717, 1.165) is 6.54 Å². The number of rotatable bonds is 3. The molecule has 0 atom stereocenters. The number of ether oxygens (including phenoxy) is 1. The normalized spacial score (nSPS) is 21.2. The minimum absolute atomic E-state index is 0.0104. The summed E-state index contributed by atoms with van der Waals surface area (Å²) in [6, 6.07) is 2.15. The molecule has 0 spiro atoms. The molecule has 0 aromatic heterocycles. The van der Waals surface area contributed by atoms with Crippen molar-refractivity contribution in [1.82, 2.24) is 5.32 Å². The third-order valence-corrected chi connectivity index (χ3v) is 1.73. The van der Waals surface area contributed by atoms with E-state index in [1.807, 2.05) is 6.92 Å². The molecule has 0 bridgehead atoms. The molecule has 1 rings (SSSR count). The van der Waals surface area contributed by atoms with Gasteiger partial charge in [0, 0.05) is 0 Å². The molecular formula is C7H12N2O. The smallest absolute Gasteiger partial charge is 0.0784 e. The van der Waals surface area contributed by atoms with E-state index in [9.17, 15) is 0 Å². The fourth-order valence-corrected chi connectivity index (χ4v) is 1.14. The maximum atomic E-state index is 8.45. The number of hydrogen-bond donors (Lipinski definition) is 1. The fraction of sp³-hybridized carbons (Fsp3) is 0.857. The van der Waals surface area contributed by atoms with Crippen LogP contribution in [0, 0.1) is 11.3 Å². The van der Waals surface area contributed by atoms with Crippen molar-refractivity contribution >= 4 is 0 Å². The second-order valence-electron chi connectivity index (χ2n) is 2.64. The van der Waals surface area contributed by atoms with Crippen LogP contribution in [0.25, 0.3) is 0 Å². The van der Waals surface area contributed by atoms with Gasteiger partial charge in [0.2, 0.25) is 0 Å². The van der Waals surface area contributed by atoms with Gasteiger partial charge < -0.3 is 10.1 Å². The van der Waals surface area contributed by atoms with Crippen LogP contribution in [0.4, 0.5) is 0 Å². The van der Waals surface area contributed by atoms with E-state index >= 15 is 0 Å². The molecular weight excluding hydrogens is 128 g/mol. The molecule has 1 heterocycles. The van der Waals surface area contributed by atoms with Gasteiger partial charge in [-0.2, -0.15) is 5.26 Å². The molecule has 0 aliphatic carbocycles. The van der Waals surface area contributed by atoms with Gasteiger partial charge in [0.15, 0.2) is 0 Å². The summed E-state index contributed by atoms with van der Waals surface area (Å²) in [5.74, 6) is 0. The zero-order chi connectivity index (χ0) is 7.45. The monoisotopic (exact) mass is 140 g/mol. The van der Waals surface area contributed by atoms with Crippen LogP contribution in [0.15, 0.2) is 0 Å². The van der Waals surface area contributed by atoms with Crippen molar-refractivity contribution < 1.29 is 4.74 Å². The van der Waals surface area contributed by atoms with Crippen molar-refractivity contribution in [3.05, 3.63) is 0 Å². The highest BCUT2D eigenvalue weighted by Crippen LogP contribution is 2.19. The first-order valence-electron chi connectivity index (χ1n) is 3.53. The van der Waals surface area contributed by atoms with E-state index in [2.05, 4.69) is 11.4 Å². The molecule has 1 aliphatic rings. The Bertz CT molecular complexity index is 146. The van der Waals surface area contributed by atoms with Crippen LogP contribution in [0.2, 0.25) is 0 Å². The minimum atomic E-state index is -0.0104. The summed E-state index contributed by atoms with van der Waals surface area (Å²) < 4.78 is 5.03. The summed E-state index contributed by atoms with van der Waals surface area (Å²) in [6.07, 6.45) is 0.556. The zero-order valence-electron chi connectivity index (χ0n) is 6.18. The van der Waals surface area contributed by atoms with Gasteiger partial charge >= 0.3 is 0 Å². The van der Waals surface area contributed by atoms with E-state index in [-0.39, 0.29) is 5.54 Å². The maximum Gasteiger partial charge on any atom is 0.0784 e. The van der Waals surface area contributed by atoms with E-state index < -0.39 is 0 Å². The molecule has 1 saturated heterocycles. The molecule has 0 saturated carbocycles. The van der Waals surface area contributed by atoms with Gasteiger partial charge in [-0.25, -0.2) is 0 Å². The van der Waals surface area contributed by atoms with Crippen LogP contribution < -0.4 is 5.32 Å². The van der Waals surface area contributed by atoms with Crippen LogP contribution in [0.3, 0.4) is 0 Å². The number of hydrogen-bond acceptors (Lipinski definition) is 3. The Morgan fingerprint density at radius 2 is 2.40 bits per heavy atom. The summed E-state index contributed by atoms with van der Waals surface area (Å²) in [7, 11) is 0. The highest BCUT2D eigenvalue weighted by atomic mass is 16.5. The summed E-state index contributed by atoms with van der Waals surface area (Å²) >= 11 is 0. The molecule has 1 N–H and O–H groups in total. The molecule has 56 valence electrons. The van der Waals surface area contributed by atoms with Gasteiger partial charge in [-0.05, 0) is 6.54 Å². The Morgan fingerprint density at radius 1 is 1.70 bits per heavy atom. The Labute approximate surface area is 61.0 Å². The lowest BCUT2D eigenvalue weighted by Crippen LogP contribution is -2.60. The van der Waals surface area contributed by atoms with Gasteiger partial charge in [-0.1, -0.05) is 6.92 Å². The van der Waals surface area contributed by atoms with Crippen molar-refractivity contribution in [2.45, 2.75) is 18.9 Å². The lowest BCUT2D eigenvalue weighted by Gasteiger charge is -2.40. The maximum absolute atomic E-state index is 8.45. The van der Waals surface area contributed by atoms with Crippen LogP contribution in [-0.4, -0.2) is 25.3 Å². The van der Waals surface area contributed by atoms with Crippen molar-refractivity contribution in [3.63, 3.8) is 0 Å². The Balaban J connectivity index is 2.36. The summed E-state index contributed by atoms with van der Waals surface area (Å²) in [5.41, 5.74) is -0.0104. The quantitative estimate of drug-likeness (QED) is 0.612. The van der Waals surface area contributed by atoms with Crippen molar-refractivity contribution in [3.8, 4) is 6.07 Å². The molecule has 0 aromatic rings. The largest absolute Gasteiger partial charge is 0.377 e. The van der Waals surface area contributed by atoms with Gasteiger partial charge in [0.05, 0.1) is 31.2 Å². The molecule has 1 aliphatic heterocycles. The summed E-state index contributed by atoms with van der Waals surface area (Å²) in [5, 5.41) is 11.7. The predicted molar refractivity (Wildman–Crippen MR) is 37.5 cm³/mol. The number of nitrogens with one attached hydrogen (secondary N) is 1. The molecule has 0 aromatic carbocycles. The van der Waals surface area contributed by atoms with Crippen molar-refractivity contribution in [1.29, 1.82) is 5.26 Å². The number of nitrogens with zero attached hydrogens (tertiary/aromatic N) is 1. The summed E-state index contributed by atoms with van der Waals surface area (Å²) in [4.78, 5) is 0. The van der Waals surface area contributed by atoms with Gasteiger partial charge in [-0.3, -0.25) is 0 Å². The molecule has 0 radical (unpaired) electrons. The van der Waals surface area contributed by atoms with Gasteiger partial charge in [0.25, 0.3) is 0 Å². The molecule has 3 heteroatoms. The van der Waals surface area contributed by atoms with Crippen molar-refractivity contribution in [2.75, 3.05) is 19.8 Å². The highest BCUT2D eigenvalue weighted by Gasteiger charge is 2.37. The average molecular weight is 140 g/mol. The van der Waals surface area contributed by atoms with E-state index in [1.54, 1.807) is 0 Å². The van der Waals surface area contributed by atoms with Crippen molar-refractivity contribution in [2.24, 2.45) is 0 Å². The summed E-state index contributed by atoms with van der Waals surface area (Å²) in [6.45, 7) is 4.32. The molecule has 0 amide bonds. The molecule has 0 unspecified atom stereocenters. The van der Waals surface area contributed by atoms with E-state index in [1.165, 1.54) is 0 Å². The zero-order valence-corrected chi connectivity index (χ0v) is 6.18. The Hall–Kier alpha value is -0.590. The highest BCUT2D eigenvalue weighted by molar-refractivity contribution is 5.00. The van der Waals surface area contributed by atoms with Crippen LogP contribution in [-0.2, 0) is 4.74 Å². The second kappa shape index (κ2) is 3.00. The van der Waals surface area contributed by atoms with Gasteiger partial charge in [-0.15, -0.1) is 0 Å². The SMILES string of the molecule is CCNC1(CC#N)COC1. The first-order valence-corrected chi connectivity index (χ1v) is 3.53. The first-order chi connectivity index (χ1) is 4.83. The number of likely N-dealkylation sites (N-methyl/N-ethyl adjacent to an activating group) is 1. The Kier molecular flexibility index (Phi) is 2.25. The third-order valence-electron chi connectivity index (χ3n) is 1.73. The number of nitriles is 1. The van der Waals surface area contributed by atoms with Crippen LogP contribution >= 0.6 is 0 Å². The van der Waals surface area contributed by atoms with Crippen LogP contribution in [0.5, 0.6) is 0 Å². The predicted octanol–water partition coefficient (Wildman–Crippen LogP) is 0.279. The standard InChI is InChI=1S/C7H12N2O/c1-2-9-7(3-4-8)5-10-6-7/h9H,2-3,5-6H2,1H3. The lowest BCUT2D eigenvalue weighted by atomic mass is 9.94. The topological polar surface area (TPSA) is 45.0 Å². The Morgan fingerprint density at radius 3 is 2.70 bits per heavy atom. The van der Waals surface area contributed by atoms with Crippen LogP contribution in [0.1, 0.15) is 13.3 Å². The minimum Gasteiger partial charge on any atom is -0.377 e. The molecule has 3 nitrogen and oxygen atoms in total. The first kappa shape index (κ1) is 7.52. The third kappa shape index (κ3) is 1.28. The fourth-order valence-electron chi connectivity index (χ4n) is 1.14. The van der Waals surface area contributed by atoms with E-state index in [0.29, 0.717) is 19.6 Å². The molecule has 10 heavy (non-hydrogen) atoms. The lowest BCUT2D eigenvalue weighted by molar-refractivity contribution is -0.0708.